The van der Waals surface area contributed by atoms with Crippen molar-refractivity contribution in [2.45, 2.75) is 27.7 Å². The van der Waals surface area contributed by atoms with Crippen molar-refractivity contribution in [3.63, 3.8) is 0 Å². The molecule has 0 unspecified atom stereocenters. The van der Waals surface area contributed by atoms with Crippen molar-refractivity contribution < 1.29 is 0 Å². The summed E-state index contributed by atoms with van der Waals surface area (Å²) in [4.78, 5) is 2.37. The number of rotatable bonds is 5. The van der Waals surface area contributed by atoms with Gasteiger partial charge in [0.05, 0.1) is 0 Å². The van der Waals surface area contributed by atoms with Gasteiger partial charge in [0.25, 0.3) is 0 Å². The molecule has 1 nitrogen and oxygen atoms in total. The molecule has 2 heteroatoms. The lowest BCUT2D eigenvalue weighted by atomic mass is 10.2. The second-order valence-corrected chi connectivity index (χ2v) is 5.86. The average Bonchev–Trinajstić information content (AvgIpc) is 2.28. The van der Waals surface area contributed by atoms with Gasteiger partial charge in [-0.25, -0.2) is 0 Å². The summed E-state index contributed by atoms with van der Waals surface area (Å²) in [5.41, 5.74) is 3.96. The van der Waals surface area contributed by atoms with Crippen molar-refractivity contribution in [3.8, 4) is 0 Å². The van der Waals surface area contributed by atoms with E-state index in [1.165, 1.54) is 16.8 Å². The fourth-order valence-corrected chi connectivity index (χ4v) is 1.93. The molecule has 0 N–H and O–H groups in total. The zero-order valence-electron chi connectivity index (χ0n) is 11.7. The Hall–Kier alpha value is -1.02. The maximum Gasteiger partial charge on any atom is 0.0383 e. The standard InChI is InChI=1S/C16H22BrN/c1-13(2)8-10-18(11-9-14(3)4)16-7-5-6-15(17)12-16/h5-9,12H,10-11H2,1-4H3. The Balaban J connectivity index is 2.89. The van der Waals surface area contributed by atoms with Crippen LogP contribution in [0.3, 0.4) is 0 Å². The summed E-state index contributed by atoms with van der Waals surface area (Å²) < 4.78 is 1.12. The summed E-state index contributed by atoms with van der Waals surface area (Å²) in [7, 11) is 0. The molecular formula is C16H22BrN. The summed E-state index contributed by atoms with van der Waals surface area (Å²) in [6, 6.07) is 8.46. The topological polar surface area (TPSA) is 3.24 Å². The minimum Gasteiger partial charge on any atom is -0.364 e. The smallest absolute Gasteiger partial charge is 0.0383 e. The molecular weight excluding hydrogens is 286 g/mol. The second-order valence-electron chi connectivity index (χ2n) is 4.95. The Morgan fingerprint density at radius 2 is 1.61 bits per heavy atom. The third-order valence-corrected chi connectivity index (χ3v) is 3.11. The molecule has 1 rings (SSSR count). The van der Waals surface area contributed by atoms with Crippen molar-refractivity contribution >= 4 is 21.6 Å². The molecule has 98 valence electrons. The van der Waals surface area contributed by atoms with E-state index in [1.54, 1.807) is 0 Å². The van der Waals surface area contributed by atoms with Crippen LogP contribution in [0.15, 0.2) is 52.0 Å². The van der Waals surface area contributed by atoms with Gasteiger partial charge in [-0.05, 0) is 45.9 Å². The van der Waals surface area contributed by atoms with Crippen LogP contribution in [0.5, 0.6) is 0 Å². The van der Waals surface area contributed by atoms with E-state index in [2.05, 4.69) is 84.9 Å². The quantitative estimate of drug-likeness (QED) is 0.677. The lowest BCUT2D eigenvalue weighted by Gasteiger charge is -2.22. The maximum atomic E-state index is 3.53. The normalized spacial score (nSPS) is 9.83. The van der Waals surface area contributed by atoms with Crippen molar-refractivity contribution in [1.82, 2.24) is 0 Å². The van der Waals surface area contributed by atoms with E-state index >= 15 is 0 Å². The van der Waals surface area contributed by atoms with Gasteiger partial charge in [-0.3, -0.25) is 0 Å². The van der Waals surface area contributed by atoms with Crippen molar-refractivity contribution in [2.24, 2.45) is 0 Å². The Kier molecular flexibility index (Phi) is 6.20. The Labute approximate surface area is 119 Å². The number of nitrogens with zero attached hydrogens (tertiary/aromatic N) is 1. The van der Waals surface area contributed by atoms with Crippen molar-refractivity contribution in [3.05, 3.63) is 52.0 Å². The zero-order chi connectivity index (χ0) is 13.5. The number of benzene rings is 1. The highest BCUT2D eigenvalue weighted by Crippen LogP contribution is 2.20. The molecule has 0 aliphatic carbocycles. The van der Waals surface area contributed by atoms with Gasteiger partial charge in [-0.1, -0.05) is 45.3 Å². The molecule has 0 bridgehead atoms. The van der Waals surface area contributed by atoms with Gasteiger partial charge >= 0.3 is 0 Å². The van der Waals surface area contributed by atoms with Crippen LogP contribution in [0.4, 0.5) is 5.69 Å². The fourth-order valence-electron chi connectivity index (χ4n) is 1.54. The van der Waals surface area contributed by atoms with Gasteiger partial charge in [-0.15, -0.1) is 0 Å². The van der Waals surface area contributed by atoms with Gasteiger partial charge in [0.1, 0.15) is 0 Å². The first-order chi connectivity index (χ1) is 8.49. The fraction of sp³-hybridized carbons (Fsp3) is 0.375. The summed E-state index contributed by atoms with van der Waals surface area (Å²) in [6.45, 7) is 10.4. The summed E-state index contributed by atoms with van der Waals surface area (Å²) >= 11 is 3.53. The molecule has 18 heavy (non-hydrogen) atoms. The Morgan fingerprint density at radius 3 is 2.06 bits per heavy atom. The highest BCUT2D eigenvalue weighted by atomic mass is 79.9. The lowest BCUT2D eigenvalue weighted by molar-refractivity contribution is 0.940. The van der Waals surface area contributed by atoms with Crippen LogP contribution < -0.4 is 4.90 Å². The molecule has 0 aliphatic rings. The minimum atomic E-state index is 0.947. The van der Waals surface area contributed by atoms with E-state index in [1.807, 2.05) is 0 Å². The second kappa shape index (κ2) is 7.42. The van der Waals surface area contributed by atoms with Gasteiger partial charge in [0.2, 0.25) is 0 Å². The SMILES string of the molecule is CC(C)=CCN(CC=C(C)C)c1cccc(Br)c1. The number of anilines is 1. The average molecular weight is 308 g/mol. The highest BCUT2D eigenvalue weighted by molar-refractivity contribution is 9.10. The molecule has 0 saturated heterocycles. The van der Waals surface area contributed by atoms with Crippen LogP contribution in [-0.2, 0) is 0 Å². The largest absolute Gasteiger partial charge is 0.364 e. The third-order valence-electron chi connectivity index (χ3n) is 2.61. The molecule has 0 aromatic heterocycles. The van der Waals surface area contributed by atoms with E-state index in [4.69, 9.17) is 0 Å². The zero-order valence-corrected chi connectivity index (χ0v) is 13.3. The molecule has 0 fully saturated rings. The van der Waals surface area contributed by atoms with Crippen molar-refractivity contribution in [1.29, 1.82) is 0 Å². The number of hydrogen-bond donors (Lipinski definition) is 0. The van der Waals surface area contributed by atoms with Gasteiger partial charge in [0, 0.05) is 23.2 Å². The Bertz CT molecular complexity index is 418. The molecule has 1 aromatic rings. The molecule has 0 spiro atoms. The van der Waals surface area contributed by atoms with Crippen molar-refractivity contribution in [2.75, 3.05) is 18.0 Å². The van der Waals surface area contributed by atoms with Gasteiger partial charge in [-0.2, -0.15) is 0 Å². The maximum absolute atomic E-state index is 3.53. The van der Waals surface area contributed by atoms with Gasteiger partial charge < -0.3 is 4.90 Å². The number of hydrogen-bond acceptors (Lipinski definition) is 1. The number of allylic oxidation sites excluding steroid dienone is 2. The van der Waals surface area contributed by atoms with E-state index in [0.717, 1.165) is 17.6 Å². The van der Waals surface area contributed by atoms with Crippen LogP contribution in [0, 0.1) is 0 Å². The summed E-state index contributed by atoms with van der Waals surface area (Å²) in [6.07, 6.45) is 4.53. The minimum absolute atomic E-state index is 0.947. The highest BCUT2D eigenvalue weighted by Gasteiger charge is 2.03. The molecule has 0 radical (unpaired) electrons. The van der Waals surface area contributed by atoms with Crippen LogP contribution in [-0.4, -0.2) is 13.1 Å². The predicted molar refractivity (Wildman–Crippen MR) is 85.2 cm³/mol. The van der Waals surface area contributed by atoms with E-state index < -0.39 is 0 Å². The lowest BCUT2D eigenvalue weighted by Crippen LogP contribution is -2.23. The number of halogens is 1. The van der Waals surface area contributed by atoms with Crippen LogP contribution in [0.1, 0.15) is 27.7 Å². The molecule has 0 atom stereocenters. The van der Waals surface area contributed by atoms with E-state index in [-0.39, 0.29) is 0 Å². The molecule has 0 heterocycles. The summed E-state index contributed by atoms with van der Waals surface area (Å²) in [5.74, 6) is 0. The molecule has 0 saturated carbocycles. The van der Waals surface area contributed by atoms with Gasteiger partial charge in [0.15, 0.2) is 0 Å². The first-order valence-corrected chi connectivity index (χ1v) is 7.05. The monoisotopic (exact) mass is 307 g/mol. The van der Waals surface area contributed by atoms with E-state index in [0.29, 0.717) is 0 Å². The predicted octanol–water partition coefficient (Wildman–Crippen LogP) is 5.19. The molecule has 1 aromatic carbocycles. The third kappa shape index (κ3) is 5.54. The first-order valence-electron chi connectivity index (χ1n) is 6.26. The van der Waals surface area contributed by atoms with E-state index in [9.17, 15) is 0 Å². The van der Waals surface area contributed by atoms with Crippen LogP contribution >= 0.6 is 15.9 Å². The molecule has 0 aliphatic heterocycles. The van der Waals surface area contributed by atoms with Crippen LogP contribution in [0.25, 0.3) is 0 Å². The Morgan fingerprint density at radius 1 is 1.06 bits per heavy atom. The summed E-state index contributed by atoms with van der Waals surface area (Å²) in [5, 5.41) is 0. The molecule has 0 amide bonds. The first kappa shape index (κ1) is 15.0. The van der Waals surface area contributed by atoms with Crippen LogP contribution in [0.2, 0.25) is 0 Å².